The summed E-state index contributed by atoms with van der Waals surface area (Å²) in [7, 11) is -3.91. The highest BCUT2D eigenvalue weighted by Crippen LogP contribution is 2.41. The molecule has 2 aromatic heterocycles. The van der Waals surface area contributed by atoms with Crippen LogP contribution in [0, 0.1) is 0 Å². The number of nitrogen functional groups attached to an aromatic ring is 1. The smallest absolute Gasteiger partial charge is 0.379 e. The van der Waals surface area contributed by atoms with Crippen LogP contribution >= 0.6 is 7.60 Å². The van der Waals surface area contributed by atoms with E-state index in [1.807, 2.05) is 0 Å². The lowest BCUT2D eigenvalue weighted by atomic mass is 10.0. The molecule has 0 saturated heterocycles. The summed E-state index contributed by atoms with van der Waals surface area (Å²) in [6.07, 6.45) is 12.0. The molecule has 0 aliphatic rings. The van der Waals surface area contributed by atoms with E-state index in [1.165, 1.54) is 51.3 Å². The molecule has 0 radical (unpaired) electrons. The van der Waals surface area contributed by atoms with Crippen LogP contribution < -0.4 is 11.3 Å². The van der Waals surface area contributed by atoms with Crippen molar-refractivity contribution < 1.29 is 36.6 Å². The fourth-order valence-corrected chi connectivity index (χ4v) is 5.48. The van der Waals surface area contributed by atoms with E-state index in [0.29, 0.717) is 18.7 Å². The van der Waals surface area contributed by atoms with Gasteiger partial charge in [-0.15, -0.1) is 0 Å². The summed E-state index contributed by atoms with van der Waals surface area (Å²) >= 11 is 0. The molecule has 2 rings (SSSR count). The van der Waals surface area contributed by atoms with Gasteiger partial charge in [-0.05, 0) is 12.8 Å². The number of unbranched alkanes of at least 4 members (excludes halogenated alkanes) is 14. The number of ether oxygens (including phenoxy) is 2. The predicted octanol–water partition coefficient (Wildman–Crippen LogP) is 6.70. The highest BCUT2D eigenvalue weighted by atomic mass is 31.2. The third kappa shape index (κ3) is 17.8. The molecule has 0 bridgehead atoms. The van der Waals surface area contributed by atoms with E-state index in [2.05, 4.69) is 15.0 Å². The molecule has 0 spiro atoms. The van der Waals surface area contributed by atoms with Gasteiger partial charge in [-0.25, -0.2) is 4.98 Å². The molecule has 2 aromatic rings. The number of imidazole rings is 1. The van der Waals surface area contributed by atoms with Crippen LogP contribution in [0.5, 0.6) is 0 Å². The van der Waals surface area contributed by atoms with E-state index in [1.54, 1.807) is 4.57 Å². The lowest BCUT2D eigenvalue weighted by molar-refractivity contribution is -0.135. The van der Waals surface area contributed by atoms with Crippen molar-refractivity contribution >= 4 is 24.7 Å². The van der Waals surface area contributed by atoms with Crippen LogP contribution in [0.2, 0.25) is 0 Å². The van der Waals surface area contributed by atoms with Gasteiger partial charge in [0.25, 0.3) is 5.56 Å². The molecule has 43 heavy (non-hydrogen) atoms. The van der Waals surface area contributed by atoms with E-state index in [0.717, 1.165) is 38.5 Å². The van der Waals surface area contributed by atoms with E-state index in [9.17, 15) is 27.4 Å². The van der Waals surface area contributed by atoms with E-state index in [4.69, 9.17) is 19.7 Å². The second-order valence-corrected chi connectivity index (χ2v) is 12.6. The molecule has 0 aromatic carbocycles. The SMILES string of the molecule is Nc1nc2c(ncn2CCOCP(=O)(O)OCCOCCCCCCCCCCCCCCCCCC(F)(F)F)c(=O)[nH]1. The number of alkyl halides is 3. The van der Waals surface area contributed by atoms with Gasteiger partial charge in [0, 0.05) is 19.6 Å². The summed E-state index contributed by atoms with van der Waals surface area (Å²) < 4.78 is 65.8. The Hall–Kier alpha value is -1.99. The lowest BCUT2D eigenvalue weighted by Gasteiger charge is -2.13. The summed E-state index contributed by atoms with van der Waals surface area (Å²) in [6, 6.07) is 0. The third-order valence-electron chi connectivity index (χ3n) is 6.99. The molecule has 11 nitrogen and oxygen atoms in total. The Kier molecular flexibility index (Phi) is 18.1. The molecule has 4 N–H and O–H groups in total. The zero-order valence-corrected chi connectivity index (χ0v) is 26.0. The first kappa shape index (κ1) is 37.2. The Balaban J connectivity index is 1.32. The van der Waals surface area contributed by atoms with Crippen molar-refractivity contribution in [1.29, 1.82) is 0 Å². The van der Waals surface area contributed by atoms with Crippen LogP contribution in [0.25, 0.3) is 11.2 Å². The number of hydrogen-bond acceptors (Lipinski definition) is 8. The number of halogens is 3. The minimum absolute atomic E-state index is 0.00275. The van der Waals surface area contributed by atoms with Crippen LogP contribution in [0.1, 0.15) is 103 Å². The molecule has 1 unspecified atom stereocenters. The quantitative estimate of drug-likeness (QED) is 0.0753. The Morgan fingerprint density at radius 3 is 1.98 bits per heavy atom. The maximum Gasteiger partial charge on any atom is 0.389 e. The average Bonchev–Trinajstić information content (AvgIpc) is 3.34. The number of fused-ring (bicyclic) bond motifs is 1. The van der Waals surface area contributed by atoms with E-state index in [-0.39, 0.29) is 44.3 Å². The maximum absolute atomic E-state index is 12.1. The van der Waals surface area contributed by atoms with Crippen molar-refractivity contribution in [2.75, 3.05) is 38.5 Å². The van der Waals surface area contributed by atoms with Crippen LogP contribution in [0.4, 0.5) is 19.1 Å². The molecule has 0 amide bonds. The minimum Gasteiger partial charge on any atom is -0.379 e. The second kappa shape index (κ2) is 20.9. The van der Waals surface area contributed by atoms with Gasteiger partial charge in [0.05, 0.1) is 26.1 Å². The number of hydrogen-bond donors (Lipinski definition) is 3. The summed E-state index contributed by atoms with van der Waals surface area (Å²) in [4.78, 5) is 32.1. The van der Waals surface area contributed by atoms with Gasteiger partial charge in [0.2, 0.25) is 5.95 Å². The third-order valence-corrected chi connectivity index (χ3v) is 8.09. The Labute approximate surface area is 251 Å². The number of H-pyrrole nitrogens is 1. The largest absolute Gasteiger partial charge is 0.389 e. The van der Waals surface area contributed by atoms with Crippen molar-refractivity contribution in [1.82, 2.24) is 19.5 Å². The molecule has 248 valence electrons. The van der Waals surface area contributed by atoms with Crippen LogP contribution in [0.3, 0.4) is 0 Å². The molecule has 0 saturated carbocycles. The predicted molar refractivity (Wildman–Crippen MR) is 160 cm³/mol. The molecular weight excluding hydrogens is 590 g/mol. The fraction of sp³-hybridized carbons (Fsp3) is 0.821. The van der Waals surface area contributed by atoms with Gasteiger partial charge < -0.3 is 29.2 Å². The van der Waals surface area contributed by atoms with Crippen molar-refractivity contribution in [3.8, 4) is 0 Å². The zero-order valence-electron chi connectivity index (χ0n) is 25.1. The minimum atomic E-state index is -4.01. The number of nitrogens with one attached hydrogen (secondary N) is 1. The first-order valence-electron chi connectivity index (χ1n) is 15.5. The highest BCUT2D eigenvalue weighted by Gasteiger charge is 2.25. The molecule has 2 heterocycles. The van der Waals surface area contributed by atoms with Gasteiger partial charge >= 0.3 is 13.8 Å². The number of anilines is 1. The van der Waals surface area contributed by atoms with Crippen molar-refractivity contribution in [2.24, 2.45) is 0 Å². The lowest BCUT2D eigenvalue weighted by Crippen LogP contribution is -2.13. The Morgan fingerprint density at radius 1 is 0.837 bits per heavy atom. The molecule has 1 atom stereocenters. The second-order valence-electron chi connectivity index (χ2n) is 10.9. The molecule has 0 aliphatic heterocycles. The zero-order chi connectivity index (χ0) is 31.4. The van der Waals surface area contributed by atoms with Crippen LogP contribution in [0.15, 0.2) is 11.1 Å². The number of nitrogens with two attached hydrogens (primary N) is 1. The van der Waals surface area contributed by atoms with Gasteiger partial charge in [-0.1, -0.05) is 83.5 Å². The van der Waals surface area contributed by atoms with E-state index < -0.39 is 32.1 Å². The van der Waals surface area contributed by atoms with Gasteiger partial charge in [0.15, 0.2) is 11.2 Å². The fourth-order valence-electron chi connectivity index (χ4n) is 4.68. The number of aromatic nitrogens is 4. The first-order valence-corrected chi connectivity index (χ1v) is 17.2. The Morgan fingerprint density at radius 2 is 1.40 bits per heavy atom. The summed E-state index contributed by atoms with van der Waals surface area (Å²) in [5.74, 6) is -0.0266. The van der Waals surface area contributed by atoms with Crippen LogP contribution in [-0.2, 0) is 25.1 Å². The molecule has 15 heteroatoms. The normalized spacial score (nSPS) is 13.6. The van der Waals surface area contributed by atoms with Crippen molar-refractivity contribution in [3.05, 3.63) is 16.7 Å². The van der Waals surface area contributed by atoms with Crippen molar-refractivity contribution in [3.63, 3.8) is 0 Å². The molecule has 0 fully saturated rings. The van der Waals surface area contributed by atoms with Crippen molar-refractivity contribution in [2.45, 2.75) is 115 Å². The topological polar surface area (TPSA) is 155 Å². The number of rotatable bonds is 26. The highest BCUT2D eigenvalue weighted by molar-refractivity contribution is 7.52. The van der Waals surface area contributed by atoms with E-state index >= 15 is 0 Å². The standard InChI is InChI=1S/C28H49F3N5O6P/c29-28(30,31)16-14-12-10-8-6-4-2-1-3-5-7-9-11-13-15-18-40-20-21-42-43(38,39)23-41-19-17-36-22-33-24-25(36)34-27(32)35-26(24)37/h22H,1-21,23H2,(H,38,39)(H3,32,34,35,37). The monoisotopic (exact) mass is 639 g/mol. The summed E-state index contributed by atoms with van der Waals surface area (Å²) in [5, 5.41) is 0. The van der Waals surface area contributed by atoms with Gasteiger partial charge in [0.1, 0.15) is 6.35 Å². The van der Waals surface area contributed by atoms with Crippen LogP contribution in [-0.4, -0.2) is 63.4 Å². The number of aromatic amines is 1. The maximum atomic E-state index is 12.1. The summed E-state index contributed by atoms with van der Waals surface area (Å²) in [6.45, 7) is 1.16. The molecule has 0 aliphatic carbocycles. The first-order chi connectivity index (χ1) is 20.6. The Bertz CT molecular complexity index is 1130. The van der Waals surface area contributed by atoms with Gasteiger partial charge in [-0.2, -0.15) is 18.2 Å². The molecular formula is C28H49F3N5O6P. The average molecular weight is 640 g/mol. The van der Waals surface area contributed by atoms with Gasteiger partial charge in [-0.3, -0.25) is 14.3 Å². The summed E-state index contributed by atoms with van der Waals surface area (Å²) in [5.41, 5.74) is 5.58. The number of nitrogens with zero attached hydrogens (tertiary/aromatic N) is 3.